The molecule has 0 radical (unpaired) electrons. The van der Waals surface area contributed by atoms with Gasteiger partial charge in [-0.3, -0.25) is 24.0 Å². The number of hydrogen-bond acceptors (Lipinski definition) is 5. The van der Waals surface area contributed by atoms with E-state index in [0.29, 0.717) is 5.56 Å². The first-order chi connectivity index (χ1) is 19.0. The fourth-order valence-corrected chi connectivity index (χ4v) is 5.04. The number of nitrogens with two attached hydrogens (primary N) is 1. The summed E-state index contributed by atoms with van der Waals surface area (Å²) in [7, 11) is 0. The largest absolute Gasteiger partial charge is 0.481 e. The van der Waals surface area contributed by atoms with Crippen LogP contribution in [0.4, 0.5) is 0 Å². The van der Waals surface area contributed by atoms with Crippen molar-refractivity contribution in [1.29, 1.82) is 0 Å². The van der Waals surface area contributed by atoms with Crippen LogP contribution in [0.25, 0.3) is 10.9 Å². The topological polar surface area (TPSA) is 175 Å². The number of carbonyl (C=O) groups excluding carboxylic acids is 4. The van der Waals surface area contributed by atoms with Crippen molar-refractivity contribution in [1.82, 2.24) is 20.5 Å². The second kappa shape index (κ2) is 12.0. The molecule has 3 atom stereocenters. The number of rotatable bonds is 10. The maximum absolute atomic E-state index is 13.8. The minimum absolute atomic E-state index is 0.0313. The van der Waals surface area contributed by atoms with Gasteiger partial charge in [0.1, 0.15) is 18.1 Å². The Morgan fingerprint density at radius 1 is 1.00 bits per heavy atom. The number of aliphatic carboxylic acids is 1. The van der Waals surface area contributed by atoms with Gasteiger partial charge in [-0.2, -0.15) is 0 Å². The molecule has 1 aliphatic rings. The molecule has 4 rings (SSSR count). The predicted molar refractivity (Wildman–Crippen MR) is 147 cm³/mol. The summed E-state index contributed by atoms with van der Waals surface area (Å²) in [6.07, 6.45) is -0.245. The Kier molecular flexibility index (Phi) is 8.52. The normalized spacial score (nSPS) is 16.2. The number of H-pyrrole nitrogens is 1. The third-order valence-electron chi connectivity index (χ3n) is 6.97. The number of carboxylic acid groups (broad SMARTS) is 1. The van der Waals surface area contributed by atoms with Gasteiger partial charge in [0.25, 0.3) is 5.91 Å². The summed E-state index contributed by atoms with van der Waals surface area (Å²) < 4.78 is 0. The standard InChI is InChI=1S/C29H33N5O6/c1-16(2)12-22(27(38)32-21(26(30)37)14-25(35)36)33-28(39)24-13-19-18-10-6-7-11-20(18)31-23(19)15-34(24)29(40)17-8-4-3-5-9-17/h3-11,16,21-22,24,31H,12-15H2,1-2H3,(H2,30,37)(H,32,38)(H,33,39)(H,35,36)/t21-,22-,24+/m0/s1. The Hall–Kier alpha value is -4.67. The highest BCUT2D eigenvalue weighted by molar-refractivity contribution is 6.00. The quantitative estimate of drug-likeness (QED) is 0.258. The van der Waals surface area contributed by atoms with E-state index in [1.807, 2.05) is 38.1 Å². The van der Waals surface area contributed by atoms with Gasteiger partial charge >= 0.3 is 5.97 Å². The fourth-order valence-electron chi connectivity index (χ4n) is 5.04. The smallest absolute Gasteiger partial charge is 0.305 e. The second-order valence-corrected chi connectivity index (χ2v) is 10.4. The van der Waals surface area contributed by atoms with Gasteiger partial charge in [0, 0.05) is 28.6 Å². The number of aromatic amines is 1. The molecule has 40 heavy (non-hydrogen) atoms. The number of nitrogens with one attached hydrogen (secondary N) is 3. The van der Waals surface area contributed by atoms with E-state index in [9.17, 15) is 24.0 Å². The molecule has 0 aliphatic carbocycles. The summed E-state index contributed by atoms with van der Waals surface area (Å²) in [5.74, 6) is -3.92. The number of carbonyl (C=O) groups is 5. The van der Waals surface area contributed by atoms with Gasteiger partial charge in [-0.15, -0.1) is 0 Å². The molecule has 210 valence electrons. The highest BCUT2D eigenvalue weighted by Gasteiger charge is 2.38. The third-order valence-corrected chi connectivity index (χ3v) is 6.97. The lowest BCUT2D eigenvalue weighted by atomic mass is 9.94. The summed E-state index contributed by atoms with van der Waals surface area (Å²) >= 11 is 0. The molecule has 11 nitrogen and oxygen atoms in total. The van der Waals surface area contributed by atoms with Crippen LogP contribution >= 0.6 is 0 Å². The highest BCUT2D eigenvalue weighted by Crippen LogP contribution is 2.31. The van der Waals surface area contributed by atoms with E-state index >= 15 is 0 Å². The van der Waals surface area contributed by atoms with Crippen LogP contribution in [0.15, 0.2) is 54.6 Å². The number of fused-ring (bicyclic) bond motifs is 3. The van der Waals surface area contributed by atoms with Gasteiger partial charge in [0.05, 0.1) is 13.0 Å². The Labute approximate surface area is 231 Å². The number of aromatic nitrogens is 1. The van der Waals surface area contributed by atoms with Gasteiger partial charge < -0.3 is 31.4 Å². The van der Waals surface area contributed by atoms with E-state index in [2.05, 4.69) is 15.6 Å². The molecule has 4 amide bonds. The maximum atomic E-state index is 13.8. The zero-order valence-corrected chi connectivity index (χ0v) is 22.3. The molecule has 0 unspecified atom stereocenters. The number of primary amides is 1. The Morgan fingerprint density at radius 3 is 2.33 bits per heavy atom. The molecule has 1 aliphatic heterocycles. The fraction of sp³-hybridized carbons (Fsp3) is 0.345. The van der Waals surface area contributed by atoms with E-state index < -0.39 is 48.2 Å². The summed E-state index contributed by atoms with van der Waals surface area (Å²) in [5.41, 5.74) is 8.37. The Balaban J connectivity index is 1.64. The van der Waals surface area contributed by atoms with Crippen LogP contribution in [0.3, 0.4) is 0 Å². The summed E-state index contributed by atoms with van der Waals surface area (Å²) in [6.45, 7) is 3.89. The molecular formula is C29H33N5O6. The first kappa shape index (κ1) is 28.3. The highest BCUT2D eigenvalue weighted by atomic mass is 16.4. The van der Waals surface area contributed by atoms with Crippen LogP contribution in [0.5, 0.6) is 0 Å². The van der Waals surface area contributed by atoms with Crippen molar-refractivity contribution in [3.8, 4) is 0 Å². The number of para-hydroxylation sites is 1. The molecule has 1 aromatic heterocycles. The van der Waals surface area contributed by atoms with Gasteiger partial charge in [0.2, 0.25) is 17.7 Å². The van der Waals surface area contributed by atoms with Gasteiger partial charge in [-0.25, -0.2) is 0 Å². The Morgan fingerprint density at radius 2 is 1.68 bits per heavy atom. The second-order valence-electron chi connectivity index (χ2n) is 10.4. The van der Waals surface area contributed by atoms with Crippen molar-refractivity contribution >= 4 is 40.5 Å². The molecule has 3 aromatic rings. The minimum Gasteiger partial charge on any atom is -0.481 e. The molecule has 0 saturated carbocycles. The number of nitrogens with zero attached hydrogens (tertiary/aromatic N) is 1. The van der Waals surface area contributed by atoms with Crippen LogP contribution in [-0.4, -0.2) is 62.7 Å². The first-order valence-electron chi connectivity index (χ1n) is 13.1. The van der Waals surface area contributed by atoms with E-state index in [4.69, 9.17) is 10.8 Å². The van der Waals surface area contributed by atoms with E-state index in [-0.39, 0.29) is 31.2 Å². The van der Waals surface area contributed by atoms with Crippen LogP contribution in [0, 0.1) is 5.92 Å². The van der Waals surface area contributed by atoms with Crippen LogP contribution in [0.1, 0.15) is 48.3 Å². The summed E-state index contributed by atoms with van der Waals surface area (Å²) in [6, 6.07) is 12.9. The molecule has 0 bridgehead atoms. The van der Waals surface area contributed by atoms with Crippen molar-refractivity contribution in [2.45, 2.75) is 57.8 Å². The first-order valence-corrected chi connectivity index (χ1v) is 13.1. The molecule has 0 saturated heterocycles. The summed E-state index contributed by atoms with van der Waals surface area (Å²) in [5, 5.41) is 15.2. The van der Waals surface area contributed by atoms with Crippen LogP contribution in [0.2, 0.25) is 0 Å². The zero-order valence-electron chi connectivity index (χ0n) is 22.3. The van der Waals surface area contributed by atoms with Crippen molar-refractivity contribution < 1.29 is 29.1 Å². The average molecular weight is 548 g/mol. The molecular weight excluding hydrogens is 514 g/mol. The Bertz CT molecular complexity index is 1430. The molecule has 11 heteroatoms. The lowest BCUT2D eigenvalue weighted by molar-refractivity contribution is -0.140. The summed E-state index contributed by atoms with van der Waals surface area (Å²) in [4.78, 5) is 68.3. The van der Waals surface area contributed by atoms with E-state index in [0.717, 1.165) is 22.2 Å². The van der Waals surface area contributed by atoms with Gasteiger partial charge in [-0.05, 0) is 36.1 Å². The number of hydrogen-bond donors (Lipinski definition) is 5. The predicted octanol–water partition coefficient (Wildman–Crippen LogP) is 1.71. The lowest BCUT2D eigenvalue weighted by Crippen LogP contribution is -2.58. The minimum atomic E-state index is -1.43. The number of amides is 4. The molecule has 6 N–H and O–H groups in total. The molecule has 2 heterocycles. The van der Waals surface area contributed by atoms with Crippen molar-refractivity contribution in [2.24, 2.45) is 11.7 Å². The van der Waals surface area contributed by atoms with E-state index in [1.54, 1.807) is 30.3 Å². The molecule has 2 aromatic carbocycles. The van der Waals surface area contributed by atoms with Crippen molar-refractivity contribution in [3.05, 3.63) is 71.4 Å². The van der Waals surface area contributed by atoms with Crippen molar-refractivity contribution in [2.75, 3.05) is 0 Å². The monoisotopic (exact) mass is 547 g/mol. The maximum Gasteiger partial charge on any atom is 0.305 e. The van der Waals surface area contributed by atoms with Gasteiger partial charge in [0.15, 0.2) is 0 Å². The van der Waals surface area contributed by atoms with Gasteiger partial charge in [-0.1, -0.05) is 50.2 Å². The average Bonchev–Trinajstić information content (AvgIpc) is 3.28. The van der Waals surface area contributed by atoms with Crippen LogP contribution in [-0.2, 0) is 32.1 Å². The zero-order chi connectivity index (χ0) is 29.0. The van der Waals surface area contributed by atoms with Crippen molar-refractivity contribution in [3.63, 3.8) is 0 Å². The SMILES string of the molecule is CC(C)C[C@H](NC(=O)[C@H]1Cc2c([nH]c3ccccc23)CN1C(=O)c1ccccc1)C(=O)N[C@@H](CC(=O)O)C(N)=O. The lowest BCUT2D eigenvalue weighted by Gasteiger charge is -2.36. The number of benzene rings is 2. The number of carboxylic acids is 1. The molecule has 0 spiro atoms. The van der Waals surface area contributed by atoms with Crippen LogP contribution < -0.4 is 16.4 Å². The van der Waals surface area contributed by atoms with E-state index in [1.165, 1.54) is 4.90 Å². The third kappa shape index (κ3) is 6.31. The molecule has 0 fully saturated rings.